The Morgan fingerprint density at radius 3 is 3.14 bits per heavy atom. The molecule has 1 aromatic rings. The number of benzene rings is 1. The molecule has 0 radical (unpaired) electrons. The lowest BCUT2D eigenvalue weighted by atomic mass is 9.98. The van der Waals surface area contributed by atoms with E-state index in [4.69, 9.17) is 9.47 Å². The molecule has 2 fully saturated rings. The topological polar surface area (TPSA) is 38.8 Å². The Morgan fingerprint density at radius 2 is 2.43 bits per heavy atom. The first-order valence-electron chi connectivity index (χ1n) is 7.29. The van der Waals surface area contributed by atoms with Crippen molar-refractivity contribution in [1.29, 1.82) is 0 Å². The van der Waals surface area contributed by atoms with Crippen LogP contribution < -0.4 is 0 Å². The van der Waals surface area contributed by atoms with Crippen LogP contribution in [0.4, 0.5) is 4.39 Å². The zero-order chi connectivity index (χ0) is 14.9. The van der Waals surface area contributed by atoms with Gasteiger partial charge in [0.2, 0.25) is 5.91 Å². The highest BCUT2D eigenvalue weighted by Crippen LogP contribution is 2.36. The summed E-state index contributed by atoms with van der Waals surface area (Å²) in [5.41, 5.74) is 0.473. The fraction of sp³-hybridized carbons (Fsp3) is 0.562. The highest BCUT2D eigenvalue weighted by atomic mass is 19.1. The molecule has 2 heterocycles. The Morgan fingerprint density at radius 1 is 1.57 bits per heavy atom. The van der Waals surface area contributed by atoms with Crippen LogP contribution in [0.25, 0.3) is 0 Å². The van der Waals surface area contributed by atoms with E-state index in [9.17, 15) is 9.18 Å². The molecule has 0 aliphatic carbocycles. The molecule has 2 aliphatic heterocycles. The van der Waals surface area contributed by atoms with Crippen LogP contribution in [0.1, 0.15) is 18.4 Å². The quantitative estimate of drug-likeness (QED) is 0.852. The molecule has 0 aromatic heterocycles. The normalized spacial score (nSPS) is 28.5. The van der Waals surface area contributed by atoms with Crippen molar-refractivity contribution in [2.45, 2.75) is 31.0 Å². The first-order chi connectivity index (χ1) is 10.1. The Kier molecular flexibility index (Phi) is 3.95. The van der Waals surface area contributed by atoms with Gasteiger partial charge in [-0.25, -0.2) is 4.39 Å². The molecule has 0 unspecified atom stereocenters. The van der Waals surface area contributed by atoms with Gasteiger partial charge in [-0.2, -0.15) is 0 Å². The van der Waals surface area contributed by atoms with Crippen molar-refractivity contribution in [2.24, 2.45) is 0 Å². The molecule has 1 amide bonds. The van der Waals surface area contributed by atoms with Gasteiger partial charge in [-0.3, -0.25) is 4.79 Å². The number of hydrogen-bond acceptors (Lipinski definition) is 3. The van der Waals surface area contributed by atoms with Gasteiger partial charge >= 0.3 is 0 Å². The van der Waals surface area contributed by atoms with E-state index in [0.29, 0.717) is 25.3 Å². The molecule has 114 valence electrons. The molecule has 3 rings (SSSR count). The minimum atomic E-state index is -0.305. The summed E-state index contributed by atoms with van der Waals surface area (Å²) in [5, 5.41) is 0. The molecule has 2 aliphatic rings. The highest BCUT2D eigenvalue weighted by Gasteiger charge is 2.46. The van der Waals surface area contributed by atoms with Gasteiger partial charge in [-0.1, -0.05) is 12.1 Å². The number of halogens is 1. The SMILES string of the molecule is CO[C@@H]1CO[C@@]2(CCN(C(=O)Cc3cccc(F)c3)C2)C1. The second-order valence-electron chi connectivity index (χ2n) is 5.93. The van der Waals surface area contributed by atoms with Crippen LogP contribution in [-0.4, -0.2) is 49.3 Å². The molecule has 1 spiro atoms. The first kappa shape index (κ1) is 14.5. The number of ether oxygens (including phenoxy) is 2. The van der Waals surface area contributed by atoms with Crippen molar-refractivity contribution in [2.75, 3.05) is 26.8 Å². The number of methoxy groups -OCH3 is 1. The third-order valence-electron chi connectivity index (χ3n) is 4.42. The van der Waals surface area contributed by atoms with Crippen LogP contribution in [0.2, 0.25) is 0 Å². The number of amides is 1. The van der Waals surface area contributed by atoms with E-state index in [-0.39, 0.29) is 29.9 Å². The van der Waals surface area contributed by atoms with Gasteiger partial charge in [0.25, 0.3) is 0 Å². The number of nitrogens with zero attached hydrogens (tertiary/aromatic N) is 1. The second kappa shape index (κ2) is 5.73. The molecule has 0 saturated carbocycles. The Hall–Kier alpha value is -1.46. The molecule has 5 heteroatoms. The molecular weight excluding hydrogens is 273 g/mol. The van der Waals surface area contributed by atoms with Gasteiger partial charge < -0.3 is 14.4 Å². The number of rotatable bonds is 3. The number of likely N-dealkylation sites (tertiary alicyclic amines) is 1. The molecule has 2 atom stereocenters. The van der Waals surface area contributed by atoms with Crippen LogP contribution in [0.5, 0.6) is 0 Å². The molecule has 21 heavy (non-hydrogen) atoms. The van der Waals surface area contributed by atoms with Gasteiger partial charge in [-0.15, -0.1) is 0 Å². The summed E-state index contributed by atoms with van der Waals surface area (Å²) in [6.07, 6.45) is 2.06. The minimum Gasteiger partial charge on any atom is -0.379 e. The van der Waals surface area contributed by atoms with Gasteiger partial charge in [0.15, 0.2) is 0 Å². The maximum absolute atomic E-state index is 13.2. The first-order valence-corrected chi connectivity index (χ1v) is 7.29. The number of carbonyl (C=O) groups excluding carboxylic acids is 1. The molecule has 4 nitrogen and oxygen atoms in total. The van der Waals surface area contributed by atoms with E-state index in [1.807, 2.05) is 4.90 Å². The van der Waals surface area contributed by atoms with Gasteiger partial charge in [0, 0.05) is 26.6 Å². The molecule has 0 bridgehead atoms. The summed E-state index contributed by atoms with van der Waals surface area (Å²) in [7, 11) is 1.69. The highest BCUT2D eigenvalue weighted by molar-refractivity contribution is 5.79. The molecule has 0 N–H and O–H groups in total. The molecular formula is C16H20FNO3. The third-order valence-corrected chi connectivity index (χ3v) is 4.42. The smallest absolute Gasteiger partial charge is 0.227 e. The van der Waals surface area contributed by atoms with Crippen molar-refractivity contribution < 1.29 is 18.7 Å². The van der Waals surface area contributed by atoms with E-state index < -0.39 is 0 Å². The van der Waals surface area contributed by atoms with Crippen LogP contribution in [0.15, 0.2) is 24.3 Å². The summed E-state index contributed by atoms with van der Waals surface area (Å²) >= 11 is 0. The van der Waals surface area contributed by atoms with Crippen LogP contribution >= 0.6 is 0 Å². The number of carbonyl (C=O) groups is 1. The van der Waals surface area contributed by atoms with E-state index in [1.165, 1.54) is 12.1 Å². The van der Waals surface area contributed by atoms with E-state index >= 15 is 0 Å². The van der Waals surface area contributed by atoms with E-state index in [2.05, 4.69) is 0 Å². The Labute approximate surface area is 123 Å². The zero-order valence-electron chi connectivity index (χ0n) is 12.2. The Bertz CT molecular complexity index is 536. The van der Waals surface area contributed by atoms with Crippen molar-refractivity contribution in [3.05, 3.63) is 35.6 Å². The maximum Gasteiger partial charge on any atom is 0.227 e. The van der Waals surface area contributed by atoms with Crippen molar-refractivity contribution >= 4 is 5.91 Å². The predicted molar refractivity (Wildman–Crippen MR) is 75.4 cm³/mol. The van der Waals surface area contributed by atoms with Crippen LogP contribution in [0.3, 0.4) is 0 Å². The van der Waals surface area contributed by atoms with Crippen LogP contribution in [-0.2, 0) is 20.7 Å². The van der Waals surface area contributed by atoms with Gasteiger partial charge in [0.05, 0.1) is 24.7 Å². The van der Waals surface area contributed by atoms with Crippen molar-refractivity contribution in [1.82, 2.24) is 4.90 Å². The molecule has 1 aromatic carbocycles. The average molecular weight is 293 g/mol. The third kappa shape index (κ3) is 3.09. The average Bonchev–Trinajstić information content (AvgIpc) is 3.07. The lowest BCUT2D eigenvalue weighted by Crippen LogP contribution is -2.36. The summed E-state index contributed by atoms with van der Waals surface area (Å²) in [6.45, 7) is 1.91. The molecule has 2 saturated heterocycles. The van der Waals surface area contributed by atoms with E-state index in [1.54, 1.807) is 19.2 Å². The van der Waals surface area contributed by atoms with Gasteiger partial charge in [0.1, 0.15) is 5.82 Å². The second-order valence-corrected chi connectivity index (χ2v) is 5.93. The lowest BCUT2D eigenvalue weighted by molar-refractivity contribution is -0.130. The Balaban J connectivity index is 1.60. The summed E-state index contributed by atoms with van der Waals surface area (Å²) in [6, 6.07) is 6.21. The monoisotopic (exact) mass is 293 g/mol. The van der Waals surface area contributed by atoms with E-state index in [0.717, 1.165) is 12.8 Å². The predicted octanol–water partition coefficient (Wildman–Crippen LogP) is 1.77. The summed E-state index contributed by atoms with van der Waals surface area (Å²) in [5.74, 6) is -0.276. The fourth-order valence-electron chi connectivity index (χ4n) is 3.23. The summed E-state index contributed by atoms with van der Waals surface area (Å²) < 4.78 is 24.4. The van der Waals surface area contributed by atoms with Gasteiger partial charge in [-0.05, 0) is 24.1 Å². The largest absolute Gasteiger partial charge is 0.379 e. The zero-order valence-corrected chi connectivity index (χ0v) is 12.2. The maximum atomic E-state index is 13.2. The standard InChI is InChI=1S/C16H20FNO3/c1-20-14-9-16(21-10-14)5-6-18(11-16)15(19)8-12-3-2-4-13(17)7-12/h2-4,7,14H,5-6,8-11H2,1H3/t14-,16-/m0/s1. The fourth-order valence-corrected chi connectivity index (χ4v) is 3.23. The van der Waals surface area contributed by atoms with Crippen molar-refractivity contribution in [3.63, 3.8) is 0 Å². The summed E-state index contributed by atoms with van der Waals surface area (Å²) in [4.78, 5) is 14.2. The minimum absolute atomic E-state index is 0.0296. The number of hydrogen-bond donors (Lipinski definition) is 0. The van der Waals surface area contributed by atoms with Crippen molar-refractivity contribution in [3.8, 4) is 0 Å². The van der Waals surface area contributed by atoms with Crippen LogP contribution in [0, 0.1) is 5.82 Å². The lowest BCUT2D eigenvalue weighted by Gasteiger charge is -2.23.